The molecule has 0 aromatic carbocycles. The average molecular weight is 370 g/mol. The van der Waals surface area contributed by atoms with E-state index in [1.165, 1.54) is 24.1 Å². The molecular formula is C14H13F3N6OS. The summed E-state index contributed by atoms with van der Waals surface area (Å²) in [6, 6.07) is -2.14. The van der Waals surface area contributed by atoms with Gasteiger partial charge in [0.15, 0.2) is 6.04 Å². The molecule has 25 heavy (non-hydrogen) atoms. The fraction of sp³-hybridized carbons (Fsp3) is 0.286. The third-order valence-electron chi connectivity index (χ3n) is 3.34. The van der Waals surface area contributed by atoms with Crippen molar-refractivity contribution in [1.29, 1.82) is 0 Å². The maximum atomic E-state index is 13.3. The molecule has 0 bridgehead atoms. The average Bonchev–Trinajstić information content (AvgIpc) is 3.23. The van der Waals surface area contributed by atoms with Crippen LogP contribution in [0.1, 0.15) is 21.3 Å². The summed E-state index contributed by atoms with van der Waals surface area (Å²) in [5, 5.41) is 10.2. The first kappa shape index (κ1) is 17.1. The van der Waals surface area contributed by atoms with Gasteiger partial charge >= 0.3 is 6.18 Å². The number of aromatic nitrogens is 5. The fourth-order valence-electron chi connectivity index (χ4n) is 2.19. The molecule has 3 aromatic heterocycles. The van der Waals surface area contributed by atoms with E-state index in [1.807, 2.05) is 5.32 Å². The van der Waals surface area contributed by atoms with Gasteiger partial charge in [0.25, 0.3) is 5.91 Å². The van der Waals surface area contributed by atoms with E-state index in [4.69, 9.17) is 0 Å². The molecule has 0 radical (unpaired) electrons. The van der Waals surface area contributed by atoms with Gasteiger partial charge < -0.3 is 5.32 Å². The summed E-state index contributed by atoms with van der Waals surface area (Å²) >= 11 is 0.996. The van der Waals surface area contributed by atoms with Crippen molar-refractivity contribution in [3.8, 4) is 10.6 Å². The van der Waals surface area contributed by atoms with E-state index in [9.17, 15) is 18.0 Å². The van der Waals surface area contributed by atoms with Crippen LogP contribution in [0.4, 0.5) is 13.2 Å². The molecule has 7 nitrogen and oxygen atoms in total. The molecule has 1 amide bonds. The summed E-state index contributed by atoms with van der Waals surface area (Å²) < 4.78 is 42.7. The van der Waals surface area contributed by atoms with Gasteiger partial charge in [0, 0.05) is 37.6 Å². The third-order valence-corrected chi connectivity index (χ3v) is 4.39. The number of carbonyl (C=O) groups is 1. The Bertz CT molecular complexity index is 896. The Morgan fingerprint density at radius 1 is 1.16 bits per heavy atom. The van der Waals surface area contributed by atoms with Gasteiger partial charge in [0.1, 0.15) is 9.88 Å². The van der Waals surface area contributed by atoms with Crippen molar-refractivity contribution in [1.82, 2.24) is 29.9 Å². The number of aryl methyl sites for hydroxylation is 2. The Morgan fingerprint density at radius 2 is 1.84 bits per heavy atom. The lowest BCUT2D eigenvalue weighted by molar-refractivity contribution is -0.155. The molecule has 3 aromatic rings. The number of thiazole rings is 1. The van der Waals surface area contributed by atoms with Gasteiger partial charge in [-0.1, -0.05) is 0 Å². The first-order chi connectivity index (χ1) is 11.7. The molecule has 1 N–H and O–H groups in total. The van der Waals surface area contributed by atoms with Crippen LogP contribution in [0.2, 0.25) is 0 Å². The highest BCUT2D eigenvalue weighted by Gasteiger charge is 2.43. The molecule has 0 aliphatic carbocycles. The quantitative estimate of drug-likeness (QED) is 0.765. The number of amides is 1. The highest BCUT2D eigenvalue weighted by atomic mass is 32.1. The molecule has 132 valence electrons. The van der Waals surface area contributed by atoms with Gasteiger partial charge in [-0.15, -0.1) is 11.3 Å². The largest absolute Gasteiger partial charge is 0.413 e. The zero-order chi connectivity index (χ0) is 18.2. The Kier molecular flexibility index (Phi) is 4.33. The van der Waals surface area contributed by atoms with Crippen LogP contribution in [0.5, 0.6) is 0 Å². The van der Waals surface area contributed by atoms with Crippen molar-refractivity contribution in [2.24, 2.45) is 14.1 Å². The van der Waals surface area contributed by atoms with Crippen LogP contribution < -0.4 is 5.32 Å². The molecule has 0 fully saturated rings. The van der Waals surface area contributed by atoms with Crippen molar-refractivity contribution in [2.75, 3.05) is 0 Å². The predicted molar refractivity (Wildman–Crippen MR) is 83.8 cm³/mol. The SMILES string of the molecule is Cn1cc(-c2ncc(C(=O)N[C@H](c3cnn(C)c3)C(F)(F)F)s2)cn1. The Hall–Kier alpha value is -2.69. The van der Waals surface area contributed by atoms with E-state index in [0.717, 1.165) is 17.5 Å². The number of hydrogen-bond acceptors (Lipinski definition) is 5. The Morgan fingerprint density at radius 3 is 2.40 bits per heavy atom. The maximum Gasteiger partial charge on any atom is 0.413 e. The summed E-state index contributed by atoms with van der Waals surface area (Å²) in [6.07, 6.45) is 2.16. The lowest BCUT2D eigenvalue weighted by Crippen LogP contribution is -2.37. The highest BCUT2D eigenvalue weighted by Crippen LogP contribution is 2.33. The molecule has 3 rings (SSSR count). The maximum absolute atomic E-state index is 13.3. The van der Waals surface area contributed by atoms with Gasteiger partial charge in [-0.3, -0.25) is 14.2 Å². The number of nitrogens with zero attached hydrogens (tertiary/aromatic N) is 5. The summed E-state index contributed by atoms with van der Waals surface area (Å²) in [6.45, 7) is 0. The number of nitrogens with one attached hydrogen (secondary N) is 1. The van der Waals surface area contributed by atoms with Gasteiger partial charge in [-0.05, 0) is 0 Å². The van der Waals surface area contributed by atoms with E-state index in [-0.39, 0.29) is 10.4 Å². The van der Waals surface area contributed by atoms with Crippen LogP contribution in [0.25, 0.3) is 10.6 Å². The van der Waals surface area contributed by atoms with Crippen LogP contribution in [0.15, 0.2) is 31.0 Å². The second kappa shape index (κ2) is 6.31. The first-order valence-electron chi connectivity index (χ1n) is 7.05. The summed E-state index contributed by atoms with van der Waals surface area (Å²) in [4.78, 5) is 16.4. The molecule has 1 atom stereocenters. The second-order valence-corrected chi connectivity index (χ2v) is 6.36. The number of halogens is 3. The topological polar surface area (TPSA) is 77.6 Å². The molecule has 0 spiro atoms. The smallest absolute Gasteiger partial charge is 0.336 e. The van der Waals surface area contributed by atoms with E-state index in [1.54, 1.807) is 24.1 Å². The van der Waals surface area contributed by atoms with Gasteiger partial charge in [0.2, 0.25) is 0 Å². The second-order valence-electron chi connectivity index (χ2n) is 5.33. The van der Waals surface area contributed by atoms with Crippen molar-refractivity contribution in [2.45, 2.75) is 12.2 Å². The number of carbonyl (C=O) groups excluding carboxylic acids is 1. The monoisotopic (exact) mass is 370 g/mol. The number of rotatable bonds is 4. The predicted octanol–water partition coefficient (Wildman–Crippen LogP) is 2.31. The molecule has 3 heterocycles. The molecule has 11 heteroatoms. The zero-order valence-electron chi connectivity index (χ0n) is 13.2. The number of alkyl halides is 3. The van der Waals surface area contributed by atoms with Crippen molar-refractivity contribution >= 4 is 17.2 Å². The van der Waals surface area contributed by atoms with Crippen LogP contribution in [0, 0.1) is 0 Å². The van der Waals surface area contributed by atoms with Gasteiger partial charge in [0.05, 0.1) is 18.6 Å². The molecule has 0 unspecified atom stereocenters. The molecule has 0 aliphatic heterocycles. The lowest BCUT2D eigenvalue weighted by Gasteiger charge is -2.19. The minimum absolute atomic E-state index is 0.0805. The molecule has 0 aliphatic rings. The minimum atomic E-state index is -4.64. The fourth-order valence-corrected chi connectivity index (χ4v) is 2.98. The van der Waals surface area contributed by atoms with E-state index >= 15 is 0 Å². The van der Waals surface area contributed by atoms with Crippen LogP contribution in [0.3, 0.4) is 0 Å². The standard InChI is InChI=1S/C14H13F3N6OS/c1-22-6-8(3-19-22)11(14(15,16)17)21-12(24)10-5-18-13(25-10)9-4-20-23(2)7-9/h3-7,11H,1-2H3,(H,21,24)/t11-/m1/s1. The molecule has 0 saturated heterocycles. The molecule has 0 saturated carbocycles. The minimum Gasteiger partial charge on any atom is -0.336 e. The third kappa shape index (κ3) is 3.71. The Labute approximate surface area is 144 Å². The van der Waals surface area contributed by atoms with Crippen LogP contribution >= 0.6 is 11.3 Å². The Balaban J connectivity index is 1.81. The van der Waals surface area contributed by atoms with Gasteiger partial charge in [-0.2, -0.15) is 23.4 Å². The van der Waals surface area contributed by atoms with E-state index < -0.39 is 18.1 Å². The van der Waals surface area contributed by atoms with Crippen LogP contribution in [-0.2, 0) is 14.1 Å². The number of hydrogen-bond donors (Lipinski definition) is 1. The normalized spacial score (nSPS) is 13.0. The van der Waals surface area contributed by atoms with Crippen molar-refractivity contribution in [3.05, 3.63) is 41.4 Å². The summed E-state index contributed by atoms with van der Waals surface area (Å²) in [5.41, 5.74) is 0.548. The first-order valence-corrected chi connectivity index (χ1v) is 7.86. The van der Waals surface area contributed by atoms with Crippen molar-refractivity contribution < 1.29 is 18.0 Å². The highest BCUT2D eigenvalue weighted by molar-refractivity contribution is 7.16. The van der Waals surface area contributed by atoms with Crippen LogP contribution in [-0.4, -0.2) is 36.6 Å². The summed E-state index contributed by atoms with van der Waals surface area (Å²) in [5.74, 6) is -0.848. The molecular weight excluding hydrogens is 357 g/mol. The van der Waals surface area contributed by atoms with E-state index in [0.29, 0.717) is 10.6 Å². The zero-order valence-corrected chi connectivity index (χ0v) is 14.0. The lowest BCUT2D eigenvalue weighted by atomic mass is 10.1. The van der Waals surface area contributed by atoms with Crippen molar-refractivity contribution in [3.63, 3.8) is 0 Å². The van der Waals surface area contributed by atoms with E-state index in [2.05, 4.69) is 15.2 Å². The van der Waals surface area contributed by atoms with Gasteiger partial charge in [-0.25, -0.2) is 4.98 Å². The summed E-state index contributed by atoms with van der Waals surface area (Å²) in [7, 11) is 3.23.